The van der Waals surface area contributed by atoms with Crippen LogP contribution in [0.1, 0.15) is 6.04 Å². The Morgan fingerprint density at radius 3 is 2.68 bits per heavy atom. The minimum absolute atomic E-state index is 0.244. The topological polar surface area (TPSA) is 82.5 Å². The number of hydrogen-bond acceptors (Lipinski definition) is 8. The van der Waals surface area contributed by atoms with Crippen LogP contribution in [-0.2, 0) is 0 Å². The van der Waals surface area contributed by atoms with Gasteiger partial charge in [-0.1, -0.05) is 35.1 Å². The van der Waals surface area contributed by atoms with Gasteiger partial charge in [0.25, 0.3) is 5.22 Å². The highest BCUT2D eigenvalue weighted by atomic mass is 35.5. The molecule has 1 aliphatic heterocycles. The molecule has 0 saturated carbocycles. The lowest BCUT2D eigenvalue weighted by Crippen LogP contribution is -2.11. The van der Waals surface area contributed by atoms with Crippen molar-refractivity contribution in [3.05, 3.63) is 53.8 Å². The Morgan fingerprint density at radius 2 is 1.86 bits per heavy atom. The Kier molecular flexibility index (Phi) is 4.79. The predicted octanol–water partition coefficient (Wildman–Crippen LogP) is 4.48. The van der Waals surface area contributed by atoms with Crippen molar-refractivity contribution in [2.24, 2.45) is 0 Å². The molecular weight excluding hydrogens is 416 g/mol. The average Bonchev–Trinajstić information content (AvgIpc) is 3.45. The standard InChI is InChI=1S/C18H13ClN6OS2/c19-13-3-1-12(2-4-13)16-22-24-18(26-16)28-10-14-9-27-17-23-21-15(25(14)17)11-5-7-20-8-6-11/h1-8,14H,9-10H2/t14-/m1/s1. The van der Waals surface area contributed by atoms with E-state index in [-0.39, 0.29) is 6.04 Å². The molecule has 0 fully saturated rings. The summed E-state index contributed by atoms with van der Waals surface area (Å²) in [7, 11) is 0. The summed E-state index contributed by atoms with van der Waals surface area (Å²) < 4.78 is 7.98. The van der Waals surface area contributed by atoms with E-state index in [9.17, 15) is 0 Å². The molecule has 7 nitrogen and oxygen atoms in total. The fourth-order valence-electron chi connectivity index (χ4n) is 2.92. The zero-order chi connectivity index (χ0) is 18.9. The molecule has 28 heavy (non-hydrogen) atoms. The lowest BCUT2D eigenvalue weighted by atomic mass is 10.2. The van der Waals surface area contributed by atoms with Gasteiger partial charge in [0.1, 0.15) is 0 Å². The van der Waals surface area contributed by atoms with Gasteiger partial charge in [-0.15, -0.1) is 20.4 Å². The van der Waals surface area contributed by atoms with Gasteiger partial charge in [-0.25, -0.2) is 0 Å². The molecule has 0 bridgehead atoms. The number of benzene rings is 1. The Hall–Kier alpha value is -2.36. The van der Waals surface area contributed by atoms with Crippen LogP contribution < -0.4 is 0 Å². The molecule has 1 atom stereocenters. The first-order valence-electron chi connectivity index (χ1n) is 8.48. The molecule has 140 valence electrons. The summed E-state index contributed by atoms with van der Waals surface area (Å²) in [6, 6.07) is 11.5. The SMILES string of the molecule is Clc1ccc(-c2nnc(SC[C@H]3CSc4nnc(-c5ccncc5)n43)o2)cc1. The number of nitrogens with zero attached hydrogens (tertiary/aromatic N) is 6. The van der Waals surface area contributed by atoms with E-state index >= 15 is 0 Å². The molecule has 0 radical (unpaired) electrons. The normalized spacial score (nSPS) is 15.7. The first-order chi connectivity index (χ1) is 13.8. The third-order valence-electron chi connectivity index (χ3n) is 4.27. The van der Waals surface area contributed by atoms with Crippen LogP contribution in [-0.4, -0.2) is 41.5 Å². The van der Waals surface area contributed by atoms with Gasteiger partial charge in [0.05, 0.1) is 6.04 Å². The summed E-state index contributed by atoms with van der Waals surface area (Å²) in [5.74, 6) is 3.08. The Morgan fingerprint density at radius 1 is 1.04 bits per heavy atom. The van der Waals surface area contributed by atoms with Crippen LogP contribution in [0.2, 0.25) is 5.02 Å². The molecule has 4 heterocycles. The summed E-state index contributed by atoms with van der Waals surface area (Å²) in [6.45, 7) is 0. The molecule has 0 unspecified atom stereocenters. The van der Waals surface area contributed by atoms with Crippen LogP contribution in [0.15, 0.2) is 63.6 Å². The summed E-state index contributed by atoms with van der Waals surface area (Å²) in [5.41, 5.74) is 1.86. The second kappa shape index (κ2) is 7.57. The monoisotopic (exact) mass is 428 g/mol. The van der Waals surface area contributed by atoms with Crippen molar-refractivity contribution >= 4 is 35.1 Å². The van der Waals surface area contributed by atoms with Gasteiger partial charge in [0.15, 0.2) is 11.0 Å². The van der Waals surface area contributed by atoms with Crippen LogP contribution in [0.3, 0.4) is 0 Å². The van der Waals surface area contributed by atoms with Crippen LogP contribution >= 0.6 is 35.1 Å². The van der Waals surface area contributed by atoms with Gasteiger partial charge in [-0.2, -0.15) is 0 Å². The van der Waals surface area contributed by atoms with Gasteiger partial charge < -0.3 is 4.42 Å². The van der Waals surface area contributed by atoms with Crippen molar-refractivity contribution in [2.75, 3.05) is 11.5 Å². The van der Waals surface area contributed by atoms with Crippen molar-refractivity contribution in [3.63, 3.8) is 0 Å². The zero-order valence-corrected chi connectivity index (χ0v) is 16.8. The summed E-state index contributed by atoms with van der Waals surface area (Å²) in [6.07, 6.45) is 3.53. The maximum absolute atomic E-state index is 5.93. The second-order valence-corrected chi connectivity index (χ2v) is 8.46. The summed E-state index contributed by atoms with van der Waals surface area (Å²) >= 11 is 9.18. The van der Waals surface area contributed by atoms with Gasteiger partial charge in [-0.05, 0) is 36.4 Å². The van der Waals surface area contributed by atoms with E-state index < -0.39 is 0 Å². The molecule has 0 amide bonds. The molecule has 10 heteroatoms. The van der Waals surface area contributed by atoms with E-state index in [1.807, 2.05) is 24.3 Å². The summed E-state index contributed by atoms with van der Waals surface area (Å²) in [5, 5.41) is 19.1. The average molecular weight is 429 g/mol. The Bertz CT molecular complexity index is 1100. The fraction of sp³-hybridized carbons (Fsp3) is 0.167. The van der Waals surface area contributed by atoms with Crippen molar-refractivity contribution in [1.29, 1.82) is 0 Å². The highest BCUT2D eigenvalue weighted by Gasteiger charge is 2.29. The van der Waals surface area contributed by atoms with E-state index in [2.05, 4.69) is 29.9 Å². The van der Waals surface area contributed by atoms with Crippen molar-refractivity contribution in [3.8, 4) is 22.8 Å². The van der Waals surface area contributed by atoms with Crippen LogP contribution in [0, 0.1) is 0 Å². The number of pyridine rings is 1. The molecule has 0 N–H and O–H groups in total. The van der Waals surface area contributed by atoms with Gasteiger partial charge in [-0.3, -0.25) is 9.55 Å². The quantitative estimate of drug-likeness (QED) is 0.430. The number of halogens is 1. The molecule has 4 aromatic rings. The number of aromatic nitrogens is 6. The first-order valence-corrected chi connectivity index (χ1v) is 10.8. The predicted molar refractivity (Wildman–Crippen MR) is 108 cm³/mol. The third-order valence-corrected chi connectivity index (χ3v) is 6.57. The molecule has 5 rings (SSSR count). The number of rotatable bonds is 5. The molecule has 1 aromatic carbocycles. The minimum atomic E-state index is 0.244. The molecule has 0 aliphatic carbocycles. The van der Waals surface area contributed by atoms with Crippen LogP contribution in [0.4, 0.5) is 0 Å². The van der Waals surface area contributed by atoms with E-state index in [0.29, 0.717) is 16.1 Å². The summed E-state index contributed by atoms with van der Waals surface area (Å²) in [4.78, 5) is 4.07. The van der Waals surface area contributed by atoms with Crippen molar-refractivity contribution in [2.45, 2.75) is 16.4 Å². The number of fused-ring (bicyclic) bond motifs is 1. The van der Waals surface area contributed by atoms with Gasteiger partial charge >= 0.3 is 0 Å². The molecular formula is C18H13ClN6OS2. The van der Waals surface area contributed by atoms with E-state index in [1.165, 1.54) is 11.8 Å². The van der Waals surface area contributed by atoms with Gasteiger partial charge in [0, 0.05) is 40.0 Å². The van der Waals surface area contributed by atoms with Gasteiger partial charge in [0.2, 0.25) is 5.89 Å². The largest absolute Gasteiger partial charge is 0.411 e. The van der Waals surface area contributed by atoms with E-state index in [4.69, 9.17) is 16.0 Å². The van der Waals surface area contributed by atoms with E-state index in [0.717, 1.165) is 33.6 Å². The lowest BCUT2D eigenvalue weighted by molar-refractivity contribution is 0.464. The Labute approximate surface area is 173 Å². The van der Waals surface area contributed by atoms with Crippen LogP contribution in [0.5, 0.6) is 0 Å². The highest BCUT2D eigenvalue weighted by Crippen LogP contribution is 2.38. The fourth-order valence-corrected chi connectivity index (χ4v) is 5.11. The second-order valence-electron chi connectivity index (χ2n) is 6.07. The molecule has 0 spiro atoms. The van der Waals surface area contributed by atoms with Crippen LogP contribution in [0.25, 0.3) is 22.8 Å². The number of hydrogen-bond donors (Lipinski definition) is 0. The zero-order valence-electron chi connectivity index (χ0n) is 14.4. The minimum Gasteiger partial charge on any atom is -0.411 e. The Balaban J connectivity index is 1.32. The maximum Gasteiger partial charge on any atom is 0.276 e. The molecule has 0 saturated heterocycles. The highest BCUT2D eigenvalue weighted by molar-refractivity contribution is 8.00. The smallest absolute Gasteiger partial charge is 0.276 e. The first kappa shape index (κ1) is 17.7. The molecule has 1 aliphatic rings. The van der Waals surface area contributed by atoms with Crippen molar-refractivity contribution < 1.29 is 4.42 Å². The molecule has 3 aromatic heterocycles. The lowest BCUT2D eigenvalue weighted by Gasteiger charge is -2.12. The van der Waals surface area contributed by atoms with Crippen molar-refractivity contribution in [1.82, 2.24) is 29.9 Å². The number of thioether (sulfide) groups is 2. The third kappa shape index (κ3) is 3.41. The van der Waals surface area contributed by atoms with E-state index in [1.54, 1.807) is 36.3 Å². The maximum atomic E-state index is 5.93.